The smallest absolute Gasteiger partial charge is 0.303 e. The highest BCUT2D eigenvalue weighted by Crippen LogP contribution is 2.13. The maximum Gasteiger partial charge on any atom is 0.303 e. The monoisotopic (exact) mass is 418 g/mol. The van der Waals surface area contributed by atoms with Gasteiger partial charge in [0.15, 0.2) is 0 Å². The molecule has 0 atom stereocenters. The summed E-state index contributed by atoms with van der Waals surface area (Å²) in [5.41, 5.74) is 0. The number of hydrogen-bond donors (Lipinski definition) is 3. The van der Waals surface area contributed by atoms with Crippen molar-refractivity contribution < 1.29 is 29.7 Å². The molecule has 6 heteroatoms. The molecule has 0 fully saturated rings. The van der Waals surface area contributed by atoms with E-state index in [1.54, 1.807) is 6.92 Å². The molecule has 174 valence electrons. The van der Waals surface area contributed by atoms with Crippen molar-refractivity contribution in [2.75, 3.05) is 0 Å². The van der Waals surface area contributed by atoms with Gasteiger partial charge in [-0.05, 0) is 6.42 Å². The Morgan fingerprint density at radius 2 is 0.759 bits per heavy atom. The van der Waals surface area contributed by atoms with E-state index in [9.17, 15) is 9.59 Å². The molecular formula is C23H46O6. The molecule has 0 heterocycles. The van der Waals surface area contributed by atoms with Gasteiger partial charge in [-0.2, -0.15) is 0 Å². The van der Waals surface area contributed by atoms with Crippen LogP contribution in [0.1, 0.15) is 130 Å². The highest BCUT2D eigenvalue weighted by Gasteiger charge is 1.97. The quantitative estimate of drug-likeness (QED) is 0.221. The summed E-state index contributed by atoms with van der Waals surface area (Å²) in [6.07, 6.45) is 20.4. The van der Waals surface area contributed by atoms with E-state index in [1.165, 1.54) is 83.5 Å². The van der Waals surface area contributed by atoms with Crippen molar-refractivity contribution >= 4 is 17.9 Å². The van der Waals surface area contributed by atoms with E-state index in [-0.39, 0.29) is 6.42 Å². The fourth-order valence-electron chi connectivity index (χ4n) is 2.65. The van der Waals surface area contributed by atoms with Crippen LogP contribution < -0.4 is 0 Å². The molecule has 0 radical (unpaired) electrons. The highest BCUT2D eigenvalue weighted by atomic mass is 16.4. The minimum Gasteiger partial charge on any atom is -0.481 e. The van der Waals surface area contributed by atoms with Crippen LogP contribution in [0.5, 0.6) is 0 Å². The Kier molecular flexibility index (Phi) is 31.7. The lowest BCUT2D eigenvalue weighted by Gasteiger charge is -2.03. The number of carboxylic acids is 3. The summed E-state index contributed by atoms with van der Waals surface area (Å²) in [6, 6.07) is 0. The summed E-state index contributed by atoms with van der Waals surface area (Å²) >= 11 is 0. The van der Waals surface area contributed by atoms with Crippen molar-refractivity contribution in [3.63, 3.8) is 0 Å². The Bertz CT molecular complexity index is 364. The molecule has 3 N–H and O–H groups in total. The van der Waals surface area contributed by atoms with Gasteiger partial charge in [0.1, 0.15) is 0 Å². The van der Waals surface area contributed by atoms with Gasteiger partial charge >= 0.3 is 11.9 Å². The van der Waals surface area contributed by atoms with Crippen molar-refractivity contribution in [2.45, 2.75) is 130 Å². The van der Waals surface area contributed by atoms with Crippen molar-refractivity contribution in [3.8, 4) is 0 Å². The molecule has 0 amide bonds. The van der Waals surface area contributed by atoms with Gasteiger partial charge in [-0.3, -0.25) is 14.4 Å². The van der Waals surface area contributed by atoms with E-state index in [0.29, 0.717) is 6.42 Å². The van der Waals surface area contributed by atoms with Gasteiger partial charge in [0, 0.05) is 19.8 Å². The summed E-state index contributed by atoms with van der Waals surface area (Å²) in [5, 5.41) is 23.7. The topological polar surface area (TPSA) is 112 Å². The SMILES string of the molecule is CC(=O)O.CCC(=O)O.CCCCCCCCCCCCCCCCCC(=O)O. The Balaban J connectivity index is -0.000000623. The number of hydrogen-bond acceptors (Lipinski definition) is 3. The summed E-state index contributed by atoms with van der Waals surface area (Å²) in [7, 11) is 0. The van der Waals surface area contributed by atoms with Crippen LogP contribution >= 0.6 is 0 Å². The molecule has 0 spiro atoms. The van der Waals surface area contributed by atoms with E-state index in [2.05, 4.69) is 6.92 Å². The lowest BCUT2D eigenvalue weighted by Crippen LogP contribution is -1.93. The molecule has 0 aromatic carbocycles. The molecule has 0 aliphatic heterocycles. The second kappa shape index (κ2) is 28.6. The summed E-state index contributed by atoms with van der Waals surface area (Å²) in [6.45, 7) is 4.95. The zero-order chi connectivity index (χ0) is 22.8. The van der Waals surface area contributed by atoms with Crippen LogP contribution in [0.15, 0.2) is 0 Å². The van der Waals surface area contributed by atoms with Crippen LogP contribution in [-0.4, -0.2) is 33.2 Å². The Morgan fingerprint density at radius 1 is 0.517 bits per heavy atom. The van der Waals surface area contributed by atoms with Gasteiger partial charge in [-0.15, -0.1) is 0 Å². The minimum absolute atomic E-state index is 0.222. The van der Waals surface area contributed by atoms with E-state index in [0.717, 1.165) is 19.8 Å². The van der Waals surface area contributed by atoms with Crippen LogP contribution in [0.2, 0.25) is 0 Å². The molecule has 0 bridgehead atoms. The maximum atomic E-state index is 10.3. The maximum absolute atomic E-state index is 10.3. The number of rotatable bonds is 17. The van der Waals surface area contributed by atoms with E-state index >= 15 is 0 Å². The molecule has 0 aliphatic rings. The third kappa shape index (κ3) is 51.9. The molecule has 0 aromatic rings. The molecular weight excluding hydrogens is 372 g/mol. The zero-order valence-electron chi connectivity index (χ0n) is 19.1. The summed E-state index contributed by atoms with van der Waals surface area (Å²) < 4.78 is 0. The fourth-order valence-corrected chi connectivity index (χ4v) is 2.65. The highest BCUT2D eigenvalue weighted by molar-refractivity contribution is 5.66. The van der Waals surface area contributed by atoms with Crippen LogP contribution in [0.4, 0.5) is 0 Å². The third-order valence-corrected chi connectivity index (χ3v) is 4.30. The summed E-state index contributed by atoms with van der Waals surface area (Å²) in [5.74, 6) is -2.23. The lowest BCUT2D eigenvalue weighted by atomic mass is 10.0. The molecule has 29 heavy (non-hydrogen) atoms. The van der Waals surface area contributed by atoms with Gasteiger partial charge in [-0.1, -0.05) is 104 Å². The number of carboxylic acid groups (broad SMARTS) is 3. The average molecular weight is 419 g/mol. The van der Waals surface area contributed by atoms with Crippen LogP contribution in [0.3, 0.4) is 0 Å². The zero-order valence-corrected chi connectivity index (χ0v) is 19.1. The van der Waals surface area contributed by atoms with Crippen LogP contribution in [-0.2, 0) is 14.4 Å². The Hall–Kier alpha value is -1.59. The molecule has 6 nitrogen and oxygen atoms in total. The molecule has 0 unspecified atom stereocenters. The molecule has 0 saturated heterocycles. The van der Waals surface area contributed by atoms with Crippen LogP contribution in [0, 0.1) is 0 Å². The predicted molar refractivity (Wildman–Crippen MR) is 118 cm³/mol. The van der Waals surface area contributed by atoms with Crippen LogP contribution in [0.25, 0.3) is 0 Å². The van der Waals surface area contributed by atoms with Crippen molar-refractivity contribution in [1.29, 1.82) is 0 Å². The first kappa shape index (κ1) is 32.1. The van der Waals surface area contributed by atoms with Crippen molar-refractivity contribution in [2.24, 2.45) is 0 Å². The first-order chi connectivity index (χ1) is 13.8. The predicted octanol–water partition coefficient (Wildman–Crippen LogP) is 6.90. The van der Waals surface area contributed by atoms with Crippen molar-refractivity contribution in [3.05, 3.63) is 0 Å². The van der Waals surface area contributed by atoms with E-state index in [4.69, 9.17) is 20.1 Å². The lowest BCUT2D eigenvalue weighted by molar-refractivity contribution is -0.137. The Morgan fingerprint density at radius 3 is 0.966 bits per heavy atom. The first-order valence-corrected chi connectivity index (χ1v) is 11.4. The van der Waals surface area contributed by atoms with Crippen molar-refractivity contribution in [1.82, 2.24) is 0 Å². The van der Waals surface area contributed by atoms with Gasteiger partial charge in [0.05, 0.1) is 0 Å². The average Bonchev–Trinajstić information content (AvgIpc) is 2.64. The standard InChI is InChI=1S/C18H36O2.C3H6O2.C2H4O2/c1-2-3-4-5-6-7-8-9-10-11-12-13-14-15-16-17-18(19)20;1-2-3(4)5;1-2(3)4/h2-17H2,1H3,(H,19,20);2H2,1H3,(H,4,5);1H3,(H,3,4). The fraction of sp³-hybridized carbons (Fsp3) is 0.870. The summed E-state index contributed by atoms with van der Waals surface area (Å²) in [4.78, 5) is 28.7. The number of aliphatic carboxylic acids is 3. The van der Waals surface area contributed by atoms with E-state index in [1.807, 2.05) is 0 Å². The molecule has 0 saturated carbocycles. The molecule has 0 rings (SSSR count). The molecule has 0 aliphatic carbocycles. The molecule has 0 aromatic heterocycles. The minimum atomic E-state index is -0.833. The Labute approximate surface area is 178 Å². The third-order valence-electron chi connectivity index (χ3n) is 4.30. The van der Waals surface area contributed by atoms with Gasteiger partial charge in [0.25, 0.3) is 5.97 Å². The second-order valence-electron chi connectivity index (χ2n) is 7.36. The van der Waals surface area contributed by atoms with Gasteiger partial charge in [-0.25, -0.2) is 0 Å². The van der Waals surface area contributed by atoms with E-state index < -0.39 is 17.9 Å². The van der Waals surface area contributed by atoms with Gasteiger partial charge < -0.3 is 15.3 Å². The normalized spacial score (nSPS) is 9.62. The second-order valence-corrected chi connectivity index (χ2v) is 7.36. The number of carbonyl (C=O) groups is 3. The first-order valence-electron chi connectivity index (χ1n) is 11.4. The largest absolute Gasteiger partial charge is 0.481 e. The number of unbranched alkanes of at least 4 members (excludes halogenated alkanes) is 14. The van der Waals surface area contributed by atoms with Gasteiger partial charge in [0.2, 0.25) is 0 Å².